The molecule has 2 aromatic carbocycles. The molecule has 0 spiro atoms. The van der Waals surface area contributed by atoms with E-state index in [4.69, 9.17) is 4.43 Å². The van der Waals surface area contributed by atoms with Crippen LogP contribution < -0.4 is 10.4 Å². The Morgan fingerprint density at radius 2 is 1.38 bits per heavy atom. The smallest absolute Gasteiger partial charge is 0.261 e. The minimum absolute atomic E-state index is 0.0196. The summed E-state index contributed by atoms with van der Waals surface area (Å²) in [5, 5.41) is 2.74. The van der Waals surface area contributed by atoms with Crippen LogP contribution in [0.1, 0.15) is 80.1 Å². The van der Waals surface area contributed by atoms with Gasteiger partial charge in [-0.05, 0) is 80.6 Å². The summed E-state index contributed by atoms with van der Waals surface area (Å²) >= 11 is -1.15. The summed E-state index contributed by atoms with van der Waals surface area (Å²) in [5.41, 5.74) is 0. The second-order valence-corrected chi connectivity index (χ2v) is 17.8. The summed E-state index contributed by atoms with van der Waals surface area (Å²) < 4.78 is 23.4. The highest BCUT2D eigenvalue weighted by Crippen LogP contribution is 2.40. The van der Waals surface area contributed by atoms with Crippen molar-refractivity contribution in [2.75, 3.05) is 0 Å². The molecule has 1 atom stereocenters. The Hall–Kier alpha value is -1.40. The Labute approximate surface area is 211 Å². The molecule has 186 valence electrons. The van der Waals surface area contributed by atoms with Crippen molar-refractivity contribution >= 4 is 36.3 Å². The molecule has 5 heteroatoms. The van der Waals surface area contributed by atoms with Gasteiger partial charge in [-0.3, -0.25) is 0 Å². The largest absolute Gasteiger partial charge is 0.591 e. The highest BCUT2D eigenvalue weighted by Gasteiger charge is 2.51. The van der Waals surface area contributed by atoms with Gasteiger partial charge in [0.25, 0.3) is 8.32 Å². The van der Waals surface area contributed by atoms with Gasteiger partial charge < -0.3 is 8.98 Å². The first kappa shape index (κ1) is 27.2. The fourth-order valence-electron chi connectivity index (χ4n) is 5.07. The van der Waals surface area contributed by atoms with Crippen LogP contribution in [0.25, 0.3) is 0 Å². The minimum atomic E-state index is -2.48. The van der Waals surface area contributed by atoms with Gasteiger partial charge in [-0.1, -0.05) is 85.8 Å². The fourth-order valence-corrected chi connectivity index (χ4v) is 10.4. The Morgan fingerprint density at radius 3 is 1.82 bits per heavy atom. The number of nitrogens with zero attached hydrogens (tertiary/aromatic N) is 1. The lowest BCUT2D eigenvalue weighted by Gasteiger charge is -2.46. The highest BCUT2D eigenvalue weighted by molar-refractivity contribution is 7.91. The first-order valence-electron chi connectivity index (χ1n) is 12.8. The second kappa shape index (κ2) is 11.6. The predicted octanol–water partition coefficient (Wildman–Crippen LogP) is 6.44. The summed E-state index contributed by atoms with van der Waals surface area (Å²) in [4.78, 5) is 0. The van der Waals surface area contributed by atoms with Gasteiger partial charge in [0, 0.05) is 6.10 Å². The minimum Gasteiger partial charge on any atom is -0.591 e. The maximum absolute atomic E-state index is 12.1. The molecule has 0 radical (unpaired) electrons. The van der Waals surface area contributed by atoms with E-state index in [-0.39, 0.29) is 9.79 Å². The average molecular weight is 498 g/mol. The molecular weight excluding hydrogens is 454 g/mol. The quantitative estimate of drug-likeness (QED) is 0.239. The monoisotopic (exact) mass is 497 g/mol. The summed E-state index contributed by atoms with van der Waals surface area (Å²) in [6.07, 6.45) is 8.82. The summed E-state index contributed by atoms with van der Waals surface area (Å²) in [7, 11) is -2.48. The third-order valence-electron chi connectivity index (χ3n) is 6.95. The third kappa shape index (κ3) is 6.63. The van der Waals surface area contributed by atoms with Crippen LogP contribution in [0.3, 0.4) is 0 Å². The van der Waals surface area contributed by atoms with E-state index in [9.17, 15) is 4.55 Å². The van der Waals surface area contributed by atoms with Gasteiger partial charge >= 0.3 is 0 Å². The molecule has 1 fully saturated rings. The van der Waals surface area contributed by atoms with Crippen LogP contribution in [0.15, 0.2) is 65.1 Å². The van der Waals surface area contributed by atoms with Crippen molar-refractivity contribution in [2.45, 2.75) is 96.0 Å². The fraction of sp³-hybridized carbons (Fsp3) is 0.552. The van der Waals surface area contributed by atoms with E-state index in [0.717, 1.165) is 25.7 Å². The molecule has 0 bridgehead atoms. The molecule has 0 saturated heterocycles. The molecule has 34 heavy (non-hydrogen) atoms. The molecule has 1 saturated carbocycles. The molecular formula is C29H43NO2SSi. The van der Waals surface area contributed by atoms with Gasteiger partial charge in [0.1, 0.15) is 16.1 Å². The maximum Gasteiger partial charge on any atom is 0.261 e. The normalized spacial score (nSPS) is 21.0. The van der Waals surface area contributed by atoms with Crippen LogP contribution in [0.2, 0.25) is 5.04 Å². The van der Waals surface area contributed by atoms with E-state index in [1.807, 2.05) is 27.0 Å². The first-order valence-corrected chi connectivity index (χ1v) is 15.8. The SMILES string of the molecule is CC(C)(C)[S@@+]([O-])/N=C/CC[C@H]1CC[C@H](O[Si](c2ccccc2)(c2ccccc2)C(C)(C)C)CC1. The number of rotatable bonds is 8. The van der Waals surface area contributed by atoms with E-state index in [1.165, 1.54) is 23.2 Å². The van der Waals surface area contributed by atoms with Gasteiger partial charge in [-0.2, -0.15) is 0 Å². The lowest BCUT2D eigenvalue weighted by Crippen LogP contribution is -2.67. The molecule has 1 aliphatic carbocycles. The summed E-state index contributed by atoms with van der Waals surface area (Å²) in [6, 6.07) is 21.9. The van der Waals surface area contributed by atoms with Gasteiger partial charge in [0.15, 0.2) is 0 Å². The standard InChI is InChI=1S/C29H43NO2SSi/c1-28(2,3)33(31)30-23-13-14-24-19-21-25(22-20-24)32-34(29(4,5)6,26-15-9-7-10-16-26)27-17-11-8-12-18-27/h7-12,15-18,23-25H,13-14,19-22H2,1-6H3/b30-23+/t24-,25-,33-/m1/s1. The van der Waals surface area contributed by atoms with Crippen molar-refractivity contribution in [1.29, 1.82) is 0 Å². The molecule has 0 N–H and O–H groups in total. The van der Waals surface area contributed by atoms with E-state index in [1.54, 1.807) is 0 Å². The van der Waals surface area contributed by atoms with Crippen molar-refractivity contribution < 1.29 is 8.98 Å². The first-order chi connectivity index (χ1) is 16.0. The molecule has 2 aromatic rings. The third-order valence-corrected chi connectivity index (χ3v) is 13.4. The van der Waals surface area contributed by atoms with Crippen molar-refractivity contribution in [2.24, 2.45) is 10.3 Å². The Kier molecular flexibility index (Phi) is 9.24. The van der Waals surface area contributed by atoms with Crippen LogP contribution >= 0.6 is 0 Å². The van der Waals surface area contributed by atoms with Crippen molar-refractivity contribution in [3.8, 4) is 0 Å². The van der Waals surface area contributed by atoms with E-state index >= 15 is 0 Å². The molecule has 0 aromatic heterocycles. The lowest BCUT2D eigenvalue weighted by molar-refractivity contribution is 0.119. The predicted molar refractivity (Wildman–Crippen MR) is 150 cm³/mol. The summed E-state index contributed by atoms with van der Waals surface area (Å²) in [5.74, 6) is 0.702. The van der Waals surface area contributed by atoms with E-state index in [0.29, 0.717) is 12.0 Å². The Balaban J connectivity index is 1.69. The van der Waals surface area contributed by atoms with Crippen molar-refractivity contribution in [1.82, 2.24) is 0 Å². The zero-order valence-electron chi connectivity index (χ0n) is 21.9. The van der Waals surface area contributed by atoms with Gasteiger partial charge in [-0.15, -0.1) is 0 Å². The number of hydrogen-bond donors (Lipinski definition) is 0. The number of hydrogen-bond acceptors (Lipinski definition) is 3. The van der Waals surface area contributed by atoms with Gasteiger partial charge in [0.2, 0.25) is 0 Å². The molecule has 3 nitrogen and oxygen atoms in total. The molecule has 0 unspecified atom stereocenters. The lowest BCUT2D eigenvalue weighted by atomic mass is 9.85. The Bertz CT molecular complexity index is 858. The molecule has 0 heterocycles. The van der Waals surface area contributed by atoms with E-state index < -0.39 is 19.7 Å². The van der Waals surface area contributed by atoms with Gasteiger partial charge in [-0.25, -0.2) is 0 Å². The Morgan fingerprint density at radius 1 is 0.882 bits per heavy atom. The van der Waals surface area contributed by atoms with Crippen LogP contribution in [0, 0.1) is 5.92 Å². The zero-order chi connectivity index (χ0) is 24.8. The van der Waals surface area contributed by atoms with Crippen LogP contribution in [-0.4, -0.2) is 29.9 Å². The topological polar surface area (TPSA) is 44.7 Å². The average Bonchev–Trinajstić information content (AvgIpc) is 2.80. The molecule has 0 aliphatic heterocycles. The molecule has 3 rings (SSSR count). The summed E-state index contributed by atoms with van der Waals surface area (Å²) in [6.45, 7) is 13.0. The van der Waals surface area contributed by atoms with Gasteiger partial charge in [0.05, 0.1) is 6.21 Å². The maximum atomic E-state index is 12.1. The van der Waals surface area contributed by atoms with Crippen LogP contribution in [0.4, 0.5) is 0 Å². The van der Waals surface area contributed by atoms with Crippen molar-refractivity contribution in [3.63, 3.8) is 0 Å². The van der Waals surface area contributed by atoms with Crippen LogP contribution in [0.5, 0.6) is 0 Å². The van der Waals surface area contributed by atoms with E-state index in [2.05, 4.69) is 85.8 Å². The zero-order valence-corrected chi connectivity index (χ0v) is 23.7. The van der Waals surface area contributed by atoms with Crippen molar-refractivity contribution in [3.05, 3.63) is 60.7 Å². The molecule has 1 aliphatic rings. The molecule has 0 amide bonds. The second-order valence-electron chi connectivity index (χ2n) is 11.7. The van der Waals surface area contributed by atoms with Crippen LogP contribution in [-0.2, 0) is 15.8 Å². The number of benzene rings is 2. The highest BCUT2D eigenvalue weighted by atomic mass is 32.2.